The molecular formula is C13H15NO. The van der Waals surface area contributed by atoms with Gasteiger partial charge in [0.05, 0.1) is 0 Å². The lowest BCUT2D eigenvalue weighted by Crippen LogP contribution is -2.33. The molecule has 15 heavy (non-hydrogen) atoms. The third-order valence-electron chi connectivity index (χ3n) is 3.69. The molecule has 1 spiro atoms. The Morgan fingerprint density at radius 1 is 1.13 bits per heavy atom. The summed E-state index contributed by atoms with van der Waals surface area (Å²) in [6, 6.07) is 10.3. The number of benzene rings is 1. The van der Waals surface area contributed by atoms with Crippen LogP contribution in [0.15, 0.2) is 30.3 Å². The highest BCUT2D eigenvalue weighted by atomic mass is 16.2. The number of nitrogens with zero attached hydrogens (tertiary/aromatic N) is 1. The minimum atomic E-state index is 0.271. The van der Waals surface area contributed by atoms with Gasteiger partial charge in [0, 0.05) is 18.5 Å². The minimum absolute atomic E-state index is 0.271. The van der Waals surface area contributed by atoms with Crippen LogP contribution in [0.1, 0.15) is 31.2 Å². The molecule has 78 valence electrons. The second-order valence-electron chi connectivity index (χ2n) is 4.69. The van der Waals surface area contributed by atoms with Crippen LogP contribution in [0.5, 0.6) is 0 Å². The molecule has 0 unspecified atom stereocenters. The second kappa shape index (κ2) is 3.09. The van der Waals surface area contributed by atoms with Crippen LogP contribution in [0.4, 0.5) is 0 Å². The molecule has 2 nitrogen and oxygen atoms in total. The summed E-state index contributed by atoms with van der Waals surface area (Å²) in [5.74, 6) is 0.344. The van der Waals surface area contributed by atoms with Crippen molar-refractivity contribution in [3.05, 3.63) is 35.9 Å². The number of amides is 1. The number of hydrogen-bond acceptors (Lipinski definition) is 1. The molecule has 3 rings (SSSR count). The van der Waals surface area contributed by atoms with Crippen molar-refractivity contribution in [2.24, 2.45) is 0 Å². The molecule has 1 aromatic rings. The predicted octanol–water partition coefficient (Wildman–Crippen LogP) is 2.34. The van der Waals surface area contributed by atoms with Crippen LogP contribution in [0, 0.1) is 0 Å². The second-order valence-corrected chi connectivity index (χ2v) is 4.69. The van der Waals surface area contributed by atoms with Crippen molar-refractivity contribution >= 4 is 5.91 Å². The zero-order valence-corrected chi connectivity index (χ0v) is 8.78. The molecule has 1 aliphatic heterocycles. The van der Waals surface area contributed by atoms with Crippen molar-refractivity contribution in [2.75, 3.05) is 0 Å². The Bertz CT molecular complexity index is 381. The van der Waals surface area contributed by atoms with E-state index in [0.29, 0.717) is 5.91 Å². The van der Waals surface area contributed by atoms with Crippen LogP contribution in [0.25, 0.3) is 0 Å². The molecule has 0 atom stereocenters. The first kappa shape index (κ1) is 8.96. The topological polar surface area (TPSA) is 20.3 Å². The Balaban J connectivity index is 1.80. The Morgan fingerprint density at radius 3 is 2.53 bits per heavy atom. The molecule has 1 saturated carbocycles. The number of hydrogen-bond donors (Lipinski definition) is 0. The van der Waals surface area contributed by atoms with Gasteiger partial charge < -0.3 is 4.90 Å². The average molecular weight is 201 g/mol. The van der Waals surface area contributed by atoms with Gasteiger partial charge >= 0.3 is 0 Å². The highest BCUT2D eigenvalue weighted by Gasteiger charge is 2.53. The highest BCUT2D eigenvalue weighted by molar-refractivity contribution is 5.80. The molecule has 1 heterocycles. The van der Waals surface area contributed by atoms with Gasteiger partial charge in [0.1, 0.15) is 0 Å². The average Bonchev–Trinajstić information content (AvgIpc) is 2.99. The third kappa shape index (κ3) is 1.44. The van der Waals surface area contributed by atoms with E-state index >= 15 is 0 Å². The Kier molecular flexibility index (Phi) is 1.84. The van der Waals surface area contributed by atoms with Crippen molar-refractivity contribution in [2.45, 2.75) is 37.8 Å². The predicted molar refractivity (Wildman–Crippen MR) is 58.2 cm³/mol. The summed E-state index contributed by atoms with van der Waals surface area (Å²) >= 11 is 0. The maximum atomic E-state index is 11.8. The molecule has 2 heteroatoms. The van der Waals surface area contributed by atoms with Crippen LogP contribution in [0.3, 0.4) is 0 Å². The van der Waals surface area contributed by atoms with Crippen molar-refractivity contribution in [3.63, 3.8) is 0 Å². The standard InChI is InChI=1S/C13H15NO/c15-12-6-7-13(8-9-13)14(12)10-11-4-2-1-3-5-11/h1-5H,6-10H2. The quantitative estimate of drug-likeness (QED) is 0.719. The van der Waals surface area contributed by atoms with Gasteiger partial charge in [0.2, 0.25) is 5.91 Å². The number of likely N-dealkylation sites (tertiary alicyclic amines) is 1. The molecule has 2 fully saturated rings. The van der Waals surface area contributed by atoms with Gasteiger partial charge in [-0.15, -0.1) is 0 Å². The lowest BCUT2D eigenvalue weighted by atomic mass is 10.1. The number of rotatable bonds is 2. The van der Waals surface area contributed by atoms with Crippen molar-refractivity contribution < 1.29 is 4.79 Å². The molecule has 1 aromatic carbocycles. The van der Waals surface area contributed by atoms with E-state index in [2.05, 4.69) is 17.0 Å². The van der Waals surface area contributed by atoms with E-state index in [-0.39, 0.29) is 5.54 Å². The van der Waals surface area contributed by atoms with Gasteiger partial charge in [-0.2, -0.15) is 0 Å². The first-order valence-electron chi connectivity index (χ1n) is 5.65. The third-order valence-corrected chi connectivity index (χ3v) is 3.69. The summed E-state index contributed by atoms with van der Waals surface area (Å²) in [7, 11) is 0. The van der Waals surface area contributed by atoms with E-state index in [9.17, 15) is 4.79 Å². The van der Waals surface area contributed by atoms with Crippen molar-refractivity contribution in [1.82, 2.24) is 4.90 Å². The first-order chi connectivity index (χ1) is 7.30. The summed E-state index contributed by atoms with van der Waals surface area (Å²) in [6.45, 7) is 0.805. The number of carbonyl (C=O) groups excluding carboxylic acids is 1. The molecule has 1 saturated heterocycles. The van der Waals surface area contributed by atoms with E-state index in [1.54, 1.807) is 0 Å². The molecule has 1 amide bonds. The van der Waals surface area contributed by atoms with Gasteiger partial charge in [-0.05, 0) is 24.8 Å². The van der Waals surface area contributed by atoms with Gasteiger partial charge in [-0.3, -0.25) is 4.79 Å². The smallest absolute Gasteiger partial charge is 0.223 e. The molecule has 0 bridgehead atoms. The van der Waals surface area contributed by atoms with Crippen molar-refractivity contribution in [1.29, 1.82) is 0 Å². The van der Waals surface area contributed by atoms with E-state index < -0.39 is 0 Å². The molecule has 0 radical (unpaired) electrons. The van der Waals surface area contributed by atoms with E-state index in [1.807, 2.05) is 18.2 Å². The SMILES string of the molecule is O=C1CCC2(CC2)N1Cc1ccccc1. The fraction of sp³-hybridized carbons (Fsp3) is 0.462. The summed E-state index contributed by atoms with van der Waals surface area (Å²) in [4.78, 5) is 13.9. The Morgan fingerprint density at radius 2 is 1.87 bits per heavy atom. The summed E-state index contributed by atoms with van der Waals surface area (Å²) < 4.78 is 0. The van der Waals surface area contributed by atoms with Crippen LogP contribution in [0.2, 0.25) is 0 Å². The highest BCUT2D eigenvalue weighted by Crippen LogP contribution is 2.50. The summed E-state index contributed by atoms with van der Waals surface area (Å²) in [5, 5.41) is 0. The fourth-order valence-corrected chi connectivity index (χ4v) is 2.56. The lowest BCUT2D eigenvalue weighted by Gasteiger charge is -2.24. The molecule has 0 aromatic heterocycles. The van der Waals surface area contributed by atoms with Crippen LogP contribution < -0.4 is 0 Å². The molecular weight excluding hydrogens is 186 g/mol. The van der Waals surface area contributed by atoms with E-state index in [1.165, 1.54) is 18.4 Å². The summed E-state index contributed by atoms with van der Waals surface area (Å²) in [5.41, 5.74) is 1.52. The zero-order valence-electron chi connectivity index (χ0n) is 8.78. The van der Waals surface area contributed by atoms with Gasteiger partial charge in [0.25, 0.3) is 0 Å². The molecule has 0 N–H and O–H groups in total. The van der Waals surface area contributed by atoms with Crippen LogP contribution in [-0.2, 0) is 11.3 Å². The normalized spacial score (nSPS) is 22.4. The maximum Gasteiger partial charge on any atom is 0.223 e. The monoisotopic (exact) mass is 201 g/mol. The van der Waals surface area contributed by atoms with Crippen LogP contribution >= 0.6 is 0 Å². The number of carbonyl (C=O) groups is 1. The Hall–Kier alpha value is -1.31. The Labute approximate surface area is 89.9 Å². The van der Waals surface area contributed by atoms with Gasteiger partial charge in [-0.1, -0.05) is 30.3 Å². The van der Waals surface area contributed by atoms with Crippen molar-refractivity contribution in [3.8, 4) is 0 Å². The van der Waals surface area contributed by atoms with E-state index in [4.69, 9.17) is 0 Å². The van der Waals surface area contributed by atoms with Gasteiger partial charge in [0.15, 0.2) is 0 Å². The van der Waals surface area contributed by atoms with E-state index in [0.717, 1.165) is 19.4 Å². The lowest BCUT2D eigenvalue weighted by molar-refractivity contribution is -0.130. The first-order valence-corrected chi connectivity index (χ1v) is 5.65. The molecule has 1 aliphatic carbocycles. The largest absolute Gasteiger partial charge is 0.333 e. The fourth-order valence-electron chi connectivity index (χ4n) is 2.56. The molecule has 2 aliphatic rings. The zero-order chi connectivity index (χ0) is 10.3. The van der Waals surface area contributed by atoms with Crippen LogP contribution in [-0.4, -0.2) is 16.3 Å². The van der Waals surface area contributed by atoms with Gasteiger partial charge in [-0.25, -0.2) is 0 Å². The summed E-state index contributed by atoms with van der Waals surface area (Å²) in [6.07, 6.45) is 4.27. The maximum absolute atomic E-state index is 11.8. The minimum Gasteiger partial charge on any atom is -0.333 e.